The number of primary amides is 1. The number of carbonyl (C=O) groups is 2. The monoisotopic (exact) mass is 249 g/mol. The minimum atomic E-state index is -0.488. The molecule has 0 fully saturated rings. The van der Waals surface area contributed by atoms with Crippen LogP contribution in [0.5, 0.6) is 0 Å². The molecule has 98 valence electrons. The van der Waals surface area contributed by atoms with Crippen molar-refractivity contribution in [1.82, 2.24) is 5.32 Å². The Balaban J connectivity index is 2.69. The smallest absolute Gasteiger partial charge is 0.248 e. The fourth-order valence-corrected chi connectivity index (χ4v) is 1.49. The van der Waals surface area contributed by atoms with Gasteiger partial charge in [0.15, 0.2) is 0 Å². The molecule has 5 nitrogen and oxygen atoms in total. The summed E-state index contributed by atoms with van der Waals surface area (Å²) in [7, 11) is 0. The Kier molecular flexibility index (Phi) is 4.71. The Hall–Kier alpha value is -2.04. The molecule has 4 N–H and O–H groups in total. The Labute approximate surface area is 107 Å². The van der Waals surface area contributed by atoms with Crippen LogP contribution in [0.25, 0.3) is 0 Å². The van der Waals surface area contributed by atoms with Gasteiger partial charge < -0.3 is 16.4 Å². The molecule has 0 spiro atoms. The van der Waals surface area contributed by atoms with Gasteiger partial charge in [0.25, 0.3) is 0 Å². The minimum Gasteiger partial charge on any atom is -0.374 e. The van der Waals surface area contributed by atoms with Gasteiger partial charge in [0.05, 0.1) is 0 Å². The summed E-state index contributed by atoms with van der Waals surface area (Å²) in [4.78, 5) is 22.7. The highest BCUT2D eigenvalue weighted by Gasteiger charge is 2.13. The molecule has 5 heteroatoms. The maximum absolute atomic E-state index is 11.7. The summed E-state index contributed by atoms with van der Waals surface area (Å²) in [6.45, 7) is 5.56. The molecule has 18 heavy (non-hydrogen) atoms. The van der Waals surface area contributed by atoms with Crippen LogP contribution in [0.1, 0.15) is 31.1 Å². The average Bonchev–Trinajstić information content (AvgIpc) is 2.28. The number of amides is 2. The number of carbonyl (C=O) groups excluding carboxylic acids is 2. The van der Waals surface area contributed by atoms with E-state index in [0.29, 0.717) is 11.3 Å². The van der Waals surface area contributed by atoms with Crippen LogP contribution >= 0.6 is 0 Å². The van der Waals surface area contributed by atoms with E-state index in [2.05, 4.69) is 10.6 Å². The van der Waals surface area contributed by atoms with Crippen LogP contribution in [0.2, 0.25) is 0 Å². The highest BCUT2D eigenvalue weighted by molar-refractivity contribution is 5.94. The van der Waals surface area contributed by atoms with E-state index >= 15 is 0 Å². The summed E-state index contributed by atoms with van der Waals surface area (Å²) in [5.74, 6) is -0.576. The number of nitrogens with two attached hydrogens (primary N) is 1. The molecule has 1 aromatic rings. The van der Waals surface area contributed by atoms with E-state index in [1.807, 2.05) is 13.8 Å². The van der Waals surface area contributed by atoms with Gasteiger partial charge in [0, 0.05) is 17.3 Å². The van der Waals surface area contributed by atoms with Crippen molar-refractivity contribution in [2.45, 2.75) is 32.9 Å². The van der Waals surface area contributed by atoms with E-state index in [1.54, 1.807) is 31.2 Å². The van der Waals surface area contributed by atoms with Crippen LogP contribution in [0.3, 0.4) is 0 Å². The Morgan fingerprint density at radius 2 is 1.89 bits per heavy atom. The van der Waals surface area contributed by atoms with E-state index in [-0.39, 0.29) is 18.0 Å². The van der Waals surface area contributed by atoms with Crippen LogP contribution in [0, 0.1) is 0 Å². The summed E-state index contributed by atoms with van der Waals surface area (Å²) >= 11 is 0. The molecule has 0 bridgehead atoms. The Morgan fingerprint density at radius 3 is 2.44 bits per heavy atom. The van der Waals surface area contributed by atoms with Crippen molar-refractivity contribution in [2.75, 3.05) is 5.32 Å². The maximum Gasteiger partial charge on any atom is 0.248 e. The number of rotatable bonds is 5. The lowest BCUT2D eigenvalue weighted by Crippen LogP contribution is -2.41. The average molecular weight is 249 g/mol. The molecule has 0 aliphatic rings. The maximum atomic E-state index is 11.7. The zero-order valence-electron chi connectivity index (χ0n) is 10.9. The SMILES string of the molecule is CC(C)NC(=O)C(C)Nc1cccc(C(N)=O)c1. The largest absolute Gasteiger partial charge is 0.374 e. The zero-order chi connectivity index (χ0) is 13.7. The lowest BCUT2D eigenvalue weighted by molar-refractivity contribution is -0.122. The summed E-state index contributed by atoms with van der Waals surface area (Å²) < 4.78 is 0. The van der Waals surface area contributed by atoms with Gasteiger partial charge in [-0.25, -0.2) is 0 Å². The van der Waals surface area contributed by atoms with Crippen molar-refractivity contribution in [2.24, 2.45) is 5.73 Å². The topological polar surface area (TPSA) is 84.2 Å². The molecule has 0 aliphatic heterocycles. The lowest BCUT2D eigenvalue weighted by Gasteiger charge is -2.17. The highest BCUT2D eigenvalue weighted by Crippen LogP contribution is 2.11. The second-order valence-corrected chi connectivity index (χ2v) is 4.47. The lowest BCUT2D eigenvalue weighted by atomic mass is 10.1. The van der Waals surface area contributed by atoms with E-state index < -0.39 is 5.91 Å². The molecule has 0 radical (unpaired) electrons. The molecule has 0 saturated carbocycles. The Bertz CT molecular complexity index is 444. The number of nitrogens with one attached hydrogen (secondary N) is 2. The summed E-state index contributed by atoms with van der Waals surface area (Å²) in [5.41, 5.74) is 6.30. The van der Waals surface area contributed by atoms with Crippen molar-refractivity contribution in [1.29, 1.82) is 0 Å². The van der Waals surface area contributed by atoms with Crippen LogP contribution in [-0.2, 0) is 4.79 Å². The fraction of sp³-hybridized carbons (Fsp3) is 0.385. The van der Waals surface area contributed by atoms with Gasteiger partial charge in [-0.05, 0) is 39.0 Å². The first kappa shape index (κ1) is 14.0. The van der Waals surface area contributed by atoms with Crippen molar-refractivity contribution < 1.29 is 9.59 Å². The zero-order valence-corrected chi connectivity index (χ0v) is 10.9. The van der Waals surface area contributed by atoms with E-state index in [0.717, 1.165) is 0 Å². The molecule has 2 amide bonds. The van der Waals surface area contributed by atoms with Gasteiger partial charge >= 0.3 is 0 Å². The fourth-order valence-electron chi connectivity index (χ4n) is 1.49. The number of benzene rings is 1. The van der Waals surface area contributed by atoms with Crippen LogP contribution in [0.4, 0.5) is 5.69 Å². The number of anilines is 1. The molecule has 0 aromatic heterocycles. The molecule has 1 unspecified atom stereocenters. The standard InChI is InChI=1S/C13H19N3O2/c1-8(2)15-13(18)9(3)16-11-6-4-5-10(7-11)12(14)17/h4-9,16H,1-3H3,(H2,14,17)(H,15,18). The second kappa shape index (κ2) is 6.05. The third-order valence-electron chi connectivity index (χ3n) is 2.35. The molecule has 0 saturated heterocycles. The van der Waals surface area contributed by atoms with Gasteiger partial charge in [-0.1, -0.05) is 6.07 Å². The van der Waals surface area contributed by atoms with Gasteiger partial charge in [-0.3, -0.25) is 9.59 Å². The van der Waals surface area contributed by atoms with E-state index in [9.17, 15) is 9.59 Å². The predicted molar refractivity (Wildman–Crippen MR) is 71.3 cm³/mol. The van der Waals surface area contributed by atoms with Crippen molar-refractivity contribution in [3.63, 3.8) is 0 Å². The molecule has 1 aromatic carbocycles. The van der Waals surface area contributed by atoms with E-state index in [1.165, 1.54) is 0 Å². The molecule has 1 rings (SSSR count). The molecular weight excluding hydrogens is 230 g/mol. The highest BCUT2D eigenvalue weighted by atomic mass is 16.2. The van der Waals surface area contributed by atoms with Crippen molar-refractivity contribution in [3.8, 4) is 0 Å². The normalized spacial score (nSPS) is 12.0. The third kappa shape index (κ3) is 4.08. The van der Waals surface area contributed by atoms with Crippen molar-refractivity contribution >= 4 is 17.5 Å². The predicted octanol–water partition coefficient (Wildman–Crippen LogP) is 1.11. The number of hydrogen-bond acceptors (Lipinski definition) is 3. The van der Waals surface area contributed by atoms with Crippen LogP contribution < -0.4 is 16.4 Å². The van der Waals surface area contributed by atoms with Crippen LogP contribution in [-0.4, -0.2) is 23.9 Å². The summed E-state index contributed by atoms with van der Waals surface area (Å²) in [5, 5.41) is 5.83. The first-order valence-corrected chi connectivity index (χ1v) is 5.87. The van der Waals surface area contributed by atoms with Gasteiger partial charge in [0.1, 0.15) is 6.04 Å². The van der Waals surface area contributed by atoms with E-state index in [4.69, 9.17) is 5.73 Å². The van der Waals surface area contributed by atoms with Gasteiger partial charge in [-0.15, -0.1) is 0 Å². The first-order valence-electron chi connectivity index (χ1n) is 5.87. The summed E-state index contributed by atoms with van der Waals surface area (Å²) in [6, 6.07) is 6.48. The Morgan fingerprint density at radius 1 is 1.22 bits per heavy atom. The second-order valence-electron chi connectivity index (χ2n) is 4.47. The van der Waals surface area contributed by atoms with Crippen LogP contribution in [0.15, 0.2) is 24.3 Å². The molecule has 1 atom stereocenters. The number of hydrogen-bond donors (Lipinski definition) is 3. The first-order chi connectivity index (χ1) is 8.40. The minimum absolute atomic E-state index is 0.0884. The third-order valence-corrected chi connectivity index (χ3v) is 2.35. The summed E-state index contributed by atoms with van der Waals surface area (Å²) in [6.07, 6.45) is 0. The molecule has 0 heterocycles. The molecule has 0 aliphatic carbocycles. The van der Waals surface area contributed by atoms with Crippen molar-refractivity contribution in [3.05, 3.63) is 29.8 Å². The quantitative estimate of drug-likeness (QED) is 0.731. The molecular formula is C13H19N3O2. The van der Waals surface area contributed by atoms with Gasteiger partial charge in [0.2, 0.25) is 11.8 Å². The van der Waals surface area contributed by atoms with Gasteiger partial charge in [-0.2, -0.15) is 0 Å².